The molecule has 5 aromatic rings. The molecule has 0 aliphatic carbocycles. The molecular weight excluding hydrogens is 495 g/mol. The topological polar surface area (TPSA) is 79.8 Å². The lowest BCUT2D eigenvalue weighted by atomic mass is 10.0. The summed E-state index contributed by atoms with van der Waals surface area (Å²) in [5.74, 6) is -0.190. The summed E-state index contributed by atoms with van der Waals surface area (Å²) in [4.78, 5) is 24.8. The summed E-state index contributed by atoms with van der Waals surface area (Å²) in [6, 6.07) is 23.8. The number of rotatable bonds is 7. The van der Waals surface area contributed by atoms with Crippen LogP contribution >= 0.6 is 23.2 Å². The Hall–Kier alpha value is -3.87. The van der Waals surface area contributed by atoms with E-state index in [1.807, 2.05) is 54.6 Å². The molecular formula is C28H22Cl2N4O2. The number of amides is 1. The molecule has 0 spiro atoms. The van der Waals surface area contributed by atoms with E-state index in [0.29, 0.717) is 28.6 Å². The number of carbonyl (C=O) groups is 1. The number of fused-ring (bicyclic) bond motifs is 1. The predicted octanol–water partition coefficient (Wildman–Crippen LogP) is 5.60. The van der Waals surface area contributed by atoms with Crippen LogP contribution in [0.5, 0.6) is 0 Å². The van der Waals surface area contributed by atoms with Crippen molar-refractivity contribution in [2.75, 3.05) is 0 Å². The predicted molar refractivity (Wildman–Crippen MR) is 143 cm³/mol. The summed E-state index contributed by atoms with van der Waals surface area (Å²) in [5.41, 5.74) is 4.94. The summed E-state index contributed by atoms with van der Waals surface area (Å²) in [7, 11) is 0. The van der Waals surface area contributed by atoms with Gasteiger partial charge in [-0.05, 0) is 65.6 Å². The van der Waals surface area contributed by atoms with E-state index >= 15 is 0 Å². The zero-order valence-corrected chi connectivity index (χ0v) is 20.7. The highest BCUT2D eigenvalue weighted by molar-refractivity contribution is 6.31. The average Bonchev–Trinajstić information content (AvgIpc) is 3.28. The molecule has 0 unspecified atom stereocenters. The largest absolute Gasteiger partial charge is 0.346 e. The van der Waals surface area contributed by atoms with E-state index in [9.17, 15) is 9.59 Å². The van der Waals surface area contributed by atoms with Gasteiger partial charge in [-0.2, -0.15) is 5.10 Å². The highest BCUT2D eigenvalue weighted by Gasteiger charge is 2.11. The van der Waals surface area contributed by atoms with Gasteiger partial charge in [0.15, 0.2) is 0 Å². The van der Waals surface area contributed by atoms with Crippen molar-refractivity contribution < 1.29 is 4.79 Å². The SMILES string of the molecule is O=C(NCc1n[nH]c2ccc(Cl)cc12)c1cccc(Cc2ccc(Cn3ccccc3=O)cc2Cl)c1. The molecule has 36 heavy (non-hydrogen) atoms. The Morgan fingerprint density at radius 3 is 2.67 bits per heavy atom. The molecule has 5 rings (SSSR count). The molecule has 2 N–H and O–H groups in total. The van der Waals surface area contributed by atoms with Crippen molar-refractivity contribution in [1.82, 2.24) is 20.1 Å². The van der Waals surface area contributed by atoms with Crippen LogP contribution in [0, 0.1) is 0 Å². The normalized spacial score (nSPS) is 11.1. The van der Waals surface area contributed by atoms with Gasteiger partial charge in [0, 0.05) is 33.3 Å². The maximum Gasteiger partial charge on any atom is 0.251 e. The van der Waals surface area contributed by atoms with Gasteiger partial charge in [0.2, 0.25) is 0 Å². The number of hydrogen-bond acceptors (Lipinski definition) is 3. The second kappa shape index (κ2) is 10.4. The quantitative estimate of drug-likeness (QED) is 0.295. The Labute approximate surface area is 217 Å². The van der Waals surface area contributed by atoms with Crippen molar-refractivity contribution in [3.8, 4) is 0 Å². The lowest BCUT2D eigenvalue weighted by Gasteiger charge is -2.10. The molecule has 0 radical (unpaired) electrons. The molecule has 2 heterocycles. The number of benzene rings is 3. The average molecular weight is 517 g/mol. The van der Waals surface area contributed by atoms with Crippen molar-refractivity contribution in [2.24, 2.45) is 0 Å². The lowest BCUT2D eigenvalue weighted by molar-refractivity contribution is 0.0950. The minimum Gasteiger partial charge on any atom is -0.346 e. The fourth-order valence-corrected chi connectivity index (χ4v) is 4.55. The van der Waals surface area contributed by atoms with E-state index in [-0.39, 0.29) is 18.0 Å². The molecule has 1 amide bonds. The van der Waals surface area contributed by atoms with E-state index in [0.717, 1.165) is 33.3 Å². The molecule has 2 aromatic heterocycles. The molecule has 0 saturated carbocycles. The number of pyridine rings is 1. The van der Waals surface area contributed by atoms with E-state index in [4.69, 9.17) is 23.2 Å². The molecule has 0 bridgehead atoms. The van der Waals surface area contributed by atoms with Gasteiger partial charge in [-0.25, -0.2) is 0 Å². The highest BCUT2D eigenvalue weighted by Crippen LogP contribution is 2.23. The van der Waals surface area contributed by atoms with Gasteiger partial charge in [-0.3, -0.25) is 14.7 Å². The first-order chi connectivity index (χ1) is 17.5. The van der Waals surface area contributed by atoms with Crippen LogP contribution in [0.2, 0.25) is 10.0 Å². The Bertz CT molecular complexity index is 1620. The number of halogens is 2. The molecule has 0 fully saturated rings. The number of aromatic amines is 1. The van der Waals surface area contributed by atoms with Gasteiger partial charge in [0.25, 0.3) is 11.5 Å². The molecule has 0 saturated heterocycles. The Morgan fingerprint density at radius 2 is 1.83 bits per heavy atom. The molecule has 0 aliphatic rings. The van der Waals surface area contributed by atoms with Gasteiger partial charge >= 0.3 is 0 Å². The molecule has 0 aliphatic heterocycles. The summed E-state index contributed by atoms with van der Waals surface area (Å²) in [6.45, 7) is 0.730. The van der Waals surface area contributed by atoms with Gasteiger partial charge in [-0.1, -0.05) is 53.5 Å². The van der Waals surface area contributed by atoms with Crippen molar-refractivity contribution in [1.29, 1.82) is 0 Å². The third-order valence-electron chi connectivity index (χ3n) is 5.97. The van der Waals surface area contributed by atoms with Gasteiger partial charge < -0.3 is 9.88 Å². The van der Waals surface area contributed by atoms with Crippen molar-refractivity contribution in [2.45, 2.75) is 19.5 Å². The number of aromatic nitrogens is 3. The zero-order valence-electron chi connectivity index (χ0n) is 19.2. The summed E-state index contributed by atoms with van der Waals surface area (Å²) in [5, 5.41) is 12.3. The first kappa shape index (κ1) is 23.9. The standard InChI is InChI=1S/C28H22Cl2N4O2/c29-22-9-10-25-23(15-22)26(33-32-25)16-31-28(36)21-5-3-4-18(13-21)12-20-8-7-19(14-24(20)30)17-34-11-2-1-6-27(34)35/h1-11,13-15H,12,16-17H2,(H,31,36)(H,32,33). The monoisotopic (exact) mass is 516 g/mol. The van der Waals surface area contributed by atoms with Crippen LogP contribution in [0.3, 0.4) is 0 Å². The number of nitrogens with zero attached hydrogens (tertiary/aromatic N) is 2. The minimum absolute atomic E-state index is 0.0583. The van der Waals surface area contributed by atoms with Crippen LogP contribution in [0.15, 0.2) is 89.9 Å². The minimum atomic E-state index is -0.190. The Kier molecular flexibility index (Phi) is 6.89. The van der Waals surface area contributed by atoms with Gasteiger partial charge in [0.1, 0.15) is 0 Å². The van der Waals surface area contributed by atoms with Crippen LogP contribution in [0.25, 0.3) is 10.9 Å². The maximum absolute atomic E-state index is 12.8. The van der Waals surface area contributed by atoms with E-state index < -0.39 is 0 Å². The van der Waals surface area contributed by atoms with Crippen LogP contribution < -0.4 is 10.9 Å². The summed E-state index contributed by atoms with van der Waals surface area (Å²) < 4.78 is 1.63. The third kappa shape index (κ3) is 5.35. The number of hydrogen-bond donors (Lipinski definition) is 2. The molecule has 6 nitrogen and oxygen atoms in total. The van der Waals surface area contributed by atoms with Gasteiger partial charge in [0.05, 0.1) is 24.3 Å². The van der Waals surface area contributed by atoms with Gasteiger partial charge in [-0.15, -0.1) is 0 Å². The number of nitrogens with one attached hydrogen (secondary N) is 2. The molecule has 8 heteroatoms. The fraction of sp³-hybridized carbons (Fsp3) is 0.107. The van der Waals surface area contributed by atoms with E-state index in [1.165, 1.54) is 6.07 Å². The van der Waals surface area contributed by atoms with Crippen LogP contribution in [-0.4, -0.2) is 20.7 Å². The van der Waals surface area contributed by atoms with Crippen LogP contribution in [0.1, 0.15) is 32.7 Å². The maximum atomic E-state index is 12.8. The van der Waals surface area contributed by atoms with Crippen LogP contribution in [0.4, 0.5) is 0 Å². The second-order valence-corrected chi connectivity index (χ2v) is 9.36. The number of H-pyrrole nitrogens is 1. The lowest BCUT2D eigenvalue weighted by Crippen LogP contribution is -2.23. The molecule has 180 valence electrons. The first-order valence-electron chi connectivity index (χ1n) is 11.4. The molecule has 3 aromatic carbocycles. The second-order valence-electron chi connectivity index (χ2n) is 8.51. The fourth-order valence-electron chi connectivity index (χ4n) is 4.10. The van der Waals surface area contributed by atoms with Crippen LogP contribution in [-0.2, 0) is 19.5 Å². The summed E-state index contributed by atoms with van der Waals surface area (Å²) in [6.07, 6.45) is 2.33. The third-order valence-corrected chi connectivity index (χ3v) is 6.56. The van der Waals surface area contributed by atoms with Crippen molar-refractivity contribution in [3.05, 3.63) is 133 Å². The highest BCUT2D eigenvalue weighted by atomic mass is 35.5. The van der Waals surface area contributed by atoms with E-state index in [1.54, 1.807) is 29.0 Å². The van der Waals surface area contributed by atoms with E-state index in [2.05, 4.69) is 15.5 Å². The number of carbonyl (C=O) groups excluding carboxylic acids is 1. The van der Waals surface area contributed by atoms with Crippen molar-refractivity contribution in [3.63, 3.8) is 0 Å². The van der Waals surface area contributed by atoms with Crippen molar-refractivity contribution >= 4 is 40.0 Å². The zero-order chi connectivity index (χ0) is 25.1. The summed E-state index contributed by atoms with van der Waals surface area (Å²) >= 11 is 12.7. The Balaban J connectivity index is 1.26. The Morgan fingerprint density at radius 1 is 0.944 bits per heavy atom. The molecule has 0 atom stereocenters. The smallest absolute Gasteiger partial charge is 0.251 e. The first-order valence-corrected chi connectivity index (χ1v) is 12.1.